The largest absolute Gasteiger partial charge is 0.463 e. The molecule has 0 fully saturated rings. The Morgan fingerprint density at radius 3 is 1.00 bits per heavy atom. The second kappa shape index (κ2) is 40.6. The molecule has 0 aromatic carbocycles. The van der Waals surface area contributed by atoms with Crippen LogP contribution in [0.15, 0.2) is 0 Å². The standard InChI is InChI=1S/C23H46O3.C21H42O3/c1-4-6-8-10-12-13-14-16-18-20-22(26-23(25)21(3)24)19-17-15-11-9-7-5-2;1-4-6-8-10-12-14-16-20(18-24-21(23)19(3)22)17-15-13-11-9-7-5-2/h21-22,24H,4-20H2,1-3H3;19-20,22H,4-18H2,1-3H3. The maximum atomic E-state index is 11.7. The highest BCUT2D eigenvalue weighted by molar-refractivity contribution is 5.74. The summed E-state index contributed by atoms with van der Waals surface area (Å²) < 4.78 is 10.8. The molecule has 3 unspecified atom stereocenters. The number of hydrogen-bond donors (Lipinski definition) is 2. The Morgan fingerprint density at radius 1 is 0.420 bits per heavy atom. The molecule has 0 aromatic heterocycles. The van der Waals surface area contributed by atoms with Crippen molar-refractivity contribution in [2.45, 2.75) is 259 Å². The number of carbonyl (C=O) groups is 2. The zero-order valence-corrected chi connectivity index (χ0v) is 34.5. The van der Waals surface area contributed by atoms with Crippen molar-refractivity contribution in [1.82, 2.24) is 0 Å². The maximum absolute atomic E-state index is 11.7. The molecule has 0 aliphatic heterocycles. The highest BCUT2D eigenvalue weighted by Crippen LogP contribution is 2.21. The fourth-order valence-corrected chi connectivity index (χ4v) is 6.42. The van der Waals surface area contributed by atoms with Gasteiger partial charge in [-0.3, -0.25) is 0 Å². The lowest BCUT2D eigenvalue weighted by molar-refractivity contribution is -0.159. The molecule has 0 saturated heterocycles. The number of ether oxygens (including phenoxy) is 2. The second-order valence-corrected chi connectivity index (χ2v) is 15.2. The molecule has 50 heavy (non-hydrogen) atoms. The fourth-order valence-electron chi connectivity index (χ4n) is 6.42. The molecule has 300 valence electrons. The van der Waals surface area contributed by atoms with E-state index in [-0.39, 0.29) is 6.10 Å². The minimum atomic E-state index is -1.01. The molecule has 0 saturated carbocycles. The van der Waals surface area contributed by atoms with Gasteiger partial charge in [0.25, 0.3) is 0 Å². The maximum Gasteiger partial charge on any atom is 0.334 e. The van der Waals surface area contributed by atoms with Crippen molar-refractivity contribution in [3.05, 3.63) is 0 Å². The SMILES string of the molecule is CCCCCCCCC(CCCCCCCC)COC(=O)C(C)O.CCCCCCCCCCCC(CCCCCCCC)OC(=O)C(C)O. The van der Waals surface area contributed by atoms with E-state index in [0.717, 1.165) is 38.5 Å². The predicted octanol–water partition coefficient (Wildman–Crippen LogP) is 13.0. The lowest BCUT2D eigenvalue weighted by Crippen LogP contribution is -2.26. The van der Waals surface area contributed by atoms with Crippen LogP contribution in [0.1, 0.15) is 241 Å². The first-order valence-electron chi connectivity index (χ1n) is 22.0. The molecule has 0 amide bonds. The molecule has 0 radical (unpaired) electrons. The summed E-state index contributed by atoms with van der Waals surface area (Å²) in [5, 5.41) is 18.6. The van der Waals surface area contributed by atoms with Gasteiger partial charge in [0, 0.05) is 0 Å². The number of esters is 2. The summed E-state index contributed by atoms with van der Waals surface area (Å²) in [7, 11) is 0. The second-order valence-electron chi connectivity index (χ2n) is 15.2. The van der Waals surface area contributed by atoms with Gasteiger partial charge in [0.05, 0.1) is 6.61 Å². The first-order chi connectivity index (χ1) is 24.2. The van der Waals surface area contributed by atoms with Crippen LogP contribution in [0.2, 0.25) is 0 Å². The van der Waals surface area contributed by atoms with Crippen LogP contribution in [0.3, 0.4) is 0 Å². The molecule has 6 heteroatoms. The van der Waals surface area contributed by atoms with E-state index in [1.807, 2.05) is 0 Å². The van der Waals surface area contributed by atoms with Crippen LogP contribution in [-0.4, -0.2) is 47.1 Å². The predicted molar refractivity (Wildman–Crippen MR) is 214 cm³/mol. The van der Waals surface area contributed by atoms with Crippen molar-refractivity contribution in [2.75, 3.05) is 6.61 Å². The lowest BCUT2D eigenvalue weighted by Gasteiger charge is -2.19. The quantitative estimate of drug-likeness (QED) is 0.0496. The van der Waals surface area contributed by atoms with Crippen LogP contribution in [0.5, 0.6) is 0 Å². The van der Waals surface area contributed by atoms with E-state index >= 15 is 0 Å². The van der Waals surface area contributed by atoms with E-state index in [2.05, 4.69) is 27.7 Å². The van der Waals surface area contributed by atoms with E-state index in [0.29, 0.717) is 12.5 Å². The first-order valence-corrected chi connectivity index (χ1v) is 22.0. The number of carbonyl (C=O) groups excluding carboxylic acids is 2. The molecule has 3 atom stereocenters. The Labute approximate surface area is 312 Å². The summed E-state index contributed by atoms with van der Waals surface area (Å²) >= 11 is 0. The highest BCUT2D eigenvalue weighted by Gasteiger charge is 2.18. The number of hydrogen-bond acceptors (Lipinski definition) is 6. The van der Waals surface area contributed by atoms with Gasteiger partial charge in [-0.15, -0.1) is 0 Å². The van der Waals surface area contributed by atoms with Crippen LogP contribution in [0.4, 0.5) is 0 Å². The summed E-state index contributed by atoms with van der Waals surface area (Å²) in [5.41, 5.74) is 0. The van der Waals surface area contributed by atoms with Crippen LogP contribution in [-0.2, 0) is 19.1 Å². The van der Waals surface area contributed by atoms with Gasteiger partial charge in [-0.2, -0.15) is 0 Å². The van der Waals surface area contributed by atoms with E-state index in [4.69, 9.17) is 9.47 Å². The third kappa shape index (κ3) is 38.1. The molecular weight excluding hydrogens is 624 g/mol. The van der Waals surface area contributed by atoms with E-state index in [1.165, 1.54) is 174 Å². The van der Waals surface area contributed by atoms with Gasteiger partial charge in [-0.1, -0.05) is 188 Å². The van der Waals surface area contributed by atoms with Gasteiger partial charge < -0.3 is 19.7 Å². The van der Waals surface area contributed by atoms with E-state index in [9.17, 15) is 19.8 Å². The van der Waals surface area contributed by atoms with Gasteiger partial charge in [-0.25, -0.2) is 9.59 Å². The molecular formula is C44H88O6. The van der Waals surface area contributed by atoms with Crippen LogP contribution in [0.25, 0.3) is 0 Å². The average molecular weight is 713 g/mol. The molecule has 0 bridgehead atoms. The Hall–Kier alpha value is -1.14. The summed E-state index contributed by atoms with van der Waals surface area (Å²) in [6.07, 6.45) is 37.1. The number of rotatable bonds is 36. The van der Waals surface area contributed by atoms with Gasteiger partial charge in [0.1, 0.15) is 18.3 Å². The van der Waals surface area contributed by atoms with E-state index < -0.39 is 24.1 Å². The van der Waals surface area contributed by atoms with Crippen molar-refractivity contribution < 1.29 is 29.3 Å². The zero-order valence-electron chi connectivity index (χ0n) is 34.5. The number of unbranched alkanes of at least 4 members (excludes halogenated alkanes) is 23. The molecule has 0 aliphatic rings. The van der Waals surface area contributed by atoms with Crippen molar-refractivity contribution in [3.8, 4) is 0 Å². The Morgan fingerprint density at radius 2 is 0.700 bits per heavy atom. The summed E-state index contributed by atoms with van der Waals surface area (Å²) in [6, 6.07) is 0. The fraction of sp³-hybridized carbons (Fsp3) is 0.955. The molecule has 0 spiro atoms. The minimum absolute atomic E-state index is 0.00664. The third-order valence-corrected chi connectivity index (χ3v) is 9.87. The topological polar surface area (TPSA) is 93.1 Å². The van der Waals surface area contributed by atoms with Crippen LogP contribution < -0.4 is 0 Å². The normalized spacial score (nSPS) is 13.1. The number of aliphatic hydroxyl groups excluding tert-OH is 2. The summed E-state index contributed by atoms with van der Waals surface area (Å²) in [6.45, 7) is 12.4. The molecule has 0 heterocycles. The Balaban J connectivity index is 0. The highest BCUT2D eigenvalue weighted by atomic mass is 16.6. The van der Waals surface area contributed by atoms with Gasteiger partial charge in [0.15, 0.2) is 0 Å². The molecule has 2 N–H and O–H groups in total. The number of aliphatic hydroxyl groups is 2. The summed E-state index contributed by atoms with van der Waals surface area (Å²) in [4.78, 5) is 23.2. The van der Waals surface area contributed by atoms with Crippen molar-refractivity contribution >= 4 is 11.9 Å². The van der Waals surface area contributed by atoms with Crippen LogP contribution in [0, 0.1) is 5.92 Å². The zero-order chi connectivity index (χ0) is 37.5. The third-order valence-electron chi connectivity index (χ3n) is 9.87. The molecule has 6 nitrogen and oxygen atoms in total. The molecule has 0 aromatic rings. The monoisotopic (exact) mass is 713 g/mol. The van der Waals surface area contributed by atoms with Crippen molar-refractivity contribution in [1.29, 1.82) is 0 Å². The minimum Gasteiger partial charge on any atom is -0.463 e. The summed E-state index contributed by atoms with van der Waals surface area (Å²) in [5.74, 6) is -0.479. The Bertz CT molecular complexity index is 678. The van der Waals surface area contributed by atoms with Crippen LogP contribution >= 0.6 is 0 Å². The first kappa shape index (κ1) is 51.0. The lowest BCUT2D eigenvalue weighted by atomic mass is 9.94. The van der Waals surface area contributed by atoms with Crippen molar-refractivity contribution in [2.24, 2.45) is 5.92 Å². The van der Waals surface area contributed by atoms with Gasteiger partial charge >= 0.3 is 11.9 Å². The van der Waals surface area contributed by atoms with Gasteiger partial charge in [0.2, 0.25) is 0 Å². The van der Waals surface area contributed by atoms with Gasteiger partial charge in [-0.05, 0) is 58.3 Å². The molecule has 0 aliphatic carbocycles. The molecule has 0 rings (SSSR count). The smallest absolute Gasteiger partial charge is 0.334 e. The van der Waals surface area contributed by atoms with E-state index in [1.54, 1.807) is 0 Å². The van der Waals surface area contributed by atoms with Crippen molar-refractivity contribution in [3.63, 3.8) is 0 Å². The average Bonchev–Trinajstić information content (AvgIpc) is 3.10. The Kier molecular flexibility index (Phi) is 41.4.